The van der Waals surface area contributed by atoms with Gasteiger partial charge < -0.3 is 15.5 Å². The summed E-state index contributed by atoms with van der Waals surface area (Å²) < 4.78 is 0. The molecule has 0 saturated heterocycles. The van der Waals surface area contributed by atoms with Crippen LogP contribution in [0.25, 0.3) is 0 Å². The molecule has 0 heterocycles. The topological polar surface area (TPSA) is 52.5 Å². The number of hydrogen-bond acceptors (Lipinski definition) is 3. The van der Waals surface area contributed by atoms with Crippen molar-refractivity contribution in [2.45, 2.75) is 25.9 Å². The molecular weight excluding hydrogens is 238 g/mol. The van der Waals surface area contributed by atoms with Gasteiger partial charge in [0.05, 0.1) is 0 Å². The molecule has 0 bridgehead atoms. The fourth-order valence-electron chi connectivity index (χ4n) is 2.20. The fraction of sp³-hybridized carbons (Fsp3) is 0.250. The molecule has 0 aliphatic rings. The molecule has 2 rings (SSSR count). The summed E-state index contributed by atoms with van der Waals surface area (Å²) in [5, 5.41) is 22.6. The first-order valence-electron chi connectivity index (χ1n) is 6.41. The Hall–Kier alpha value is -2.00. The second kappa shape index (κ2) is 5.76. The summed E-state index contributed by atoms with van der Waals surface area (Å²) in [6.45, 7) is 4.08. The van der Waals surface area contributed by atoms with E-state index >= 15 is 0 Å². The van der Waals surface area contributed by atoms with Crippen molar-refractivity contribution in [3.05, 3.63) is 59.7 Å². The van der Waals surface area contributed by atoms with E-state index in [1.54, 1.807) is 12.1 Å². The number of nitrogens with one attached hydrogen (secondary N) is 1. The maximum atomic E-state index is 9.85. The highest BCUT2D eigenvalue weighted by Crippen LogP contribution is 2.29. The van der Waals surface area contributed by atoms with Crippen LogP contribution in [0, 0.1) is 0 Å². The molecule has 19 heavy (non-hydrogen) atoms. The van der Waals surface area contributed by atoms with Crippen molar-refractivity contribution in [2.24, 2.45) is 0 Å². The normalized spacial score (nSPS) is 14.0. The van der Waals surface area contributed by atoms with Crippen molar-refractivity contribution in [1.29, 1.82) is 0 Å². The summed E-state index contributed by atoms with van der Waals surface area (Å²) in [7, 11) is 0. The largest absolute Gasteiger partial charge is 0.508 e. The van der Waals surface area contributed by atoms with Gasteiger partial charge in [0.2, 0.25) is 0 Å². The molecule has 2 atom stereocenters. The van der Waals surface area contributed by atoms with Crippen LogP contribution in [0.3, 0.4) is 0 Å². The van der Waals surface area contributed by atoms with Crippen molar-refractivity contribution in [3.63, 3.8) is 0 Å². The molecule has 0 saturated carbocycles. The summed E-state index contributed by atoms with van der Waals surface area (Å²) in [4.78, 5) is 0. The lowest BCUT2D eigenvalue weighted by atomic mass is 10.0. The number of phenolic OH excluding ortho intramolecular Hbond substituents is 2. The Bertz CT molecular complexity index is 540. The van der Waals surface area contributed by atoms with E-state index in [9.17, 15) is 10.2 Å². The van der Waals surface area contributed by atoms with Crippen LogP contribution >= 0.6 is 0 Å². The summed E-state index contributed by atoms with van der Waals surface area (Å²) in [6, 6.07) is 15.0. The van der Waals surface area contributed by atoms with Gasteiger partial charge in [0.1, 0.15) is 11.5 Å². The van der Waals surface area contributed by atoms with Crippen molar-refractivity contribution in [3.8, 4) is 11.5 Å². The Labute approximate surface area is 113 Å². The fourth-order valence-corrected chi connectivity index (χ4v) is 2.20. The van der Waals surface area contributed by atoms with Gasteiger partial charge in [-0.25, -0.2) is 0 Å². The molecule has 3 heteroatoms. The summed E-state index contributed by atoms with van der Waals surface area (Å²) in [6.07, 6.45) is 0. The van der Waals surface area contributed by atoms with Gasteiger partial charge in [-0.15, -0.1) is 0 Å². The molecule has 0 aliphatic carbocycles. The third-order valence-corrected chi connectivity index (χ3v) is 3.28. The van der Waals surface area contributed by atoms with Crippen molar-refractivity contribution >= 4 is 0 Å². The van der Waals surface area contributed by atoms with E-state index in [2.05, 4.69) is 24.4 Å². The molecule has 2 aromatic carbocycles. The van der Waals surface area contributed by atoms with Crippen molar-refractivity contribution in [1.82, 2.24) is 5.32 Å². The minimum absolute atomic E-state index is 0.00388. The first-order chi connectivity index (χ1) is 9.08. The highest BCUT2D eigenvalue weighted by molar-refractivity contribution is 5.40. The SMILES string of the molecule is CC(N[C@@H](C)c1ccccc1)c1ccc(O)cc1O. The Morgan fingerprint density at radius 1 is 0.895 bits per heavy atom. The molecule has 0 amide bonds. The third-order valence-electron chi connectivity index (χ3n) is 3.28. The Kier molecular flexibility index (Phi) is 4.07. The highest BCUT2D eigenvalue weighted by Gasteiger charge is 2.14. The molecule has 3 nitrogen and oxygen atoms in total. The van der Waals surface area contributed by atoms with Gasteiger partial charge >= 0.3 is 0 Å². The predicted octanol–water partition coefficient (Wildman–Crippen LogP) is 3.51. The zero-order valence-electron chi connectivity index (χ0n) is 11.2. The molecule has 0 radical (unpaired) electrons. The molecule has 0 aromatic heterocycles. The number of phenols is 2. The summed E-state index contributed by atoms with van der Waals surface area (Å²) in [5.41, 5.74) is 1.98. The number of rotatable bonds is 4. The molecular formula is C16H19NO2. The predicted molar refractivity (Wildman–Crippen MR) is 76.2 cm³/mol. The Morgan fingerprint density at radius 2 is 1.58 bits per heavy atom. The van der Waals surface area contributed by atoms with E-state index in [1.165, 1.54) is 11.6 Å². The van der Waals surface area contributed by atoms with Gasteiger partial charge in [0, 0.05) is 23.7 Å². The van der Waals surface area contributed by atoms with E-state index in [4.69, 9.17) is 0 Å². The zero-order valence-corrected chi connectivity index (χ0v) is 11.2. The summed E-state index contributed by atoms with van der Waals surface area (Å²) in [5.74, 6) is 0.185. The van der Waals surface area contributed by atoms with Crippen LogP contribution in [-0.2, 0) is 0 Å². The van der Waals surface area contributed by atoms with Gasteiger partial charge in [-0.1, -0.05) is 36.4 Å². The molecule has 3 N–H and O–H groups in total. The first kappa shape index (κ1) is 13.4. The highest BCUT2D eigenvalue weighted by atomic mass is 16.3. The molecule has 0 spiro atoms. The van der Waals surface area contributed by atoms with Gasteiger partial charge in [-0.05, 0) is 25.5 Å². The van der Waals surface area contributed by atoms with Crippen LogP contribution in [0.1, 0.15) is 37.1 Å². The second-order valence-corrected chi connectivity index (χ2v) is 4.76. The molecule has 2 aromatic rings. The van der Waals surface area contributed by atoms with E-state index in [1.807, 2.05) is 25.1 Å². The smallest absolute Gasteiger partial charge is 0.124 e. The minimum atomic E-state index is -0.00388. The van der Waals surface area contributed by atoms with Crippen LogP contribution in [0.15, 0.2) is 48.5 Å². The first-order valence-corrected chi connectivity index (χ1v) is 6.41. The average Bonchev–Trinajstić information content (AvgIpc) is 2.39. The maximum Gasteiger partial charge on any atom is 0.124 e. The van der Waals surface area contributed by atoms with Crippen LogP contribution in [0.5, 0.6) is 11.5 Å². The van der Waals surface area contributed by atoms with Crippen LogP contribution < -0.4 is 5.32 Å². The van der Waals surface area contributed by atoms with Crippen LogP contribution in [-0.4, -0.2) is 10.2 Å². The van der Waals surface area contributed by atoms with Gasteiger partial charge in [-0.3, -0.25) is 0 Å². The average molecular weight is 257 g/mol. The molecule has 100 valence electrons. The monoisotopic (exact) mass is 257 g/mol. The molecule has 1 unspecified atom stereocenters. The standard InChI is InChI=1S/C16H19NO2/c1-11(13-6-4-3-5-7-13)17-12(2)15-9-8-14(18)10-16(15)19/h3-12,17-19H,1-2H3/t11-,12?/m0/s1. The lowest BCUT2D eigenvalue weighted by Gasteiger charge is -2.21. The Morgan fingerprint density at radius 3 is 2.21 bits per heavy atom. The Balaban J connectivity index is 2.10. The van der Waals surface area contributed by atoms with Crippen molar-refractivity contribution in [2.75, 3.05) is 0 Å². The lowest BCUT2D eigenvalue weighted by Crippen LogP contribution is -2.22. The third kappa shape index (κ3) is 3.26. The number of benzene rings is 2. The van der Waals surface area contributed by atoms with E-state index in [0.717, 1.165) is 5.56 Å². The lowest BCUT2D eigenvalue weighted by molar-refractivity contribution is 0.427. The zero-order chi connectivity index (χ0) is 13.8. The minimum Gasteiger partial charge on any atom is -0.508 e. The van der Waals surface area contributed by atoms with E-state index in [-0.39, 0.29) is 23.6 Å². The number of hydrogen-bond donors (Lipinski definition) is 3. The van der Waals surface area contributed by atoms with Gasteiger partial charge in [0.25, 0.3) is 0 Å². The quantitative estimate of drug-likeness (QED) is 0.785. The van der Waals surface area contributed by atoms with E-state index in [0.29, 0.717) is 0 Å². The van der Waals surface area contributed by atoms with Gasteiger partial charge in [0.15, 0.2) is 0 Å². The van der Waals surface area contributed by atoms with Gasteiger partial charge in [-0.2, -0.15) is 0 Å². The number of aromatic hydroxyl groups is 2. The second-order valence-electron chi connectivity index (χ2n) is 4.76. The molecule has 0 aliphatic heterocycles. The molecule has 0 fully saturated rings. The maximum absolute atomic E-state index is 9.85. The van der Waals surface area contributed by atoms with Crippen LogP contribution in [0.2, 0.25) is 0 Å². The van der Waals surface area contributed by atoms with E-state index < -0.39 is 0 Å². The van der Waals surface area contributed by atoms with Crippen LogP contribution in [0.4, 0.5) is 0 Å². The van der Waals surface area contributed by atoms with Crippen molar-refractivity contribution < 1.29 is 10.2 Å². The summed E-state index contributed by atoms with van der Waals surface area (Å²) >= 11 is 0.